The van der Waals surface area contributed by atoms with Crippen molar-refractivity contribution in [2.45, 2.75) is 65.7 Å². The molecule has 8 aromatic carbocycles. The lowest BCUT2D eigenvalue weighted by Gasteiger charge is -2.21. The number of benzene rings is 6. The van der Waals surface area contributed by atoms with Crippen LogP contribution in [-0.4, -0.2) is 0 Å². The molecule has 0 bridgehead atoms. The molecule has 0 aliphatic rings. The van der Waals surface area contributed by atoms with Crippen LogP contribution in [0.2, 0.25) is 0 Å². The summed E-state index contributed by atoms with van der Waals surface area (Å²) in [6.45, 7) is 16.2. The second kappa shape index (κ2) is 7.85. The van der Waals surface area contributed by atoms with Gasteiger partial charge in [-0.25, -0.2) is 0 Å². The van der Waals surface area contributed by atoms with E-state index in [0.29, 0.717) is 11.8 Å². The Hall–Kier alpha value is -3.90. The van der Waals surface area contributed by atoms with Crippen LogP contribution in [0.1, 0.15) is 77.0 Å². The van der Waals surface area contributed by atoms with Crippen LogP contribution in [0.3, 0.4) is 0 Å². The van der Waals surface area contributed by atoms with Crippen molar-refractivity contribution in [3.05, 3.63) is 95.6 Å². The molecule has 8 rings (SSSR count). The third kappa shape index (κ3) is 3.08. The molecule has 0 atom stereocenters. The Kier molecular flexibility index (Phi) is 4.70. The molecule has 0 saturated carbocycles. The molecule has 0 aliphatic carbocycles. The van der Waals surface area contributed by atoms with Crippen LogP contribution in [-0.2, 0) is 5.41 Å². The van der Waals surface area contributed by atoms with Gasteiger partial charge in [-0.15, -0.1) is 0 Å². The van der Waals surface area contributed by atoms with E-state index >= 15 is 0 Å². The third-order valence-electron chi connectivity index (χ3n) is 9.64. The van der Waals surface area contributed by atoms with Crippen molar-refractivity contribution in [1.29, 1.82) is 0 Å². The van der Waals surface area contributed by atoms with Crippen LogP contribution in [0.4, 0.5) is 0 Å². The van der Waals surface area contributed by atoms with Crippen LogP contribution in [0.5, 0.6) is 0 Å². The van der Waals surface area contributed by atoms with Gasteiger partial charge in [0.05, 0.1) is 0 Å². The summed E-state index contributed by atoms with van der Waals surface area (Å²) in [5.41, 5.74) is 4.29. The molecule has 40 heavy (non-hydrogen) atoms. The Morgan fingerprint density at radius 2 is 0.800 bits per heavy atom. The van der Waals surface area contributed by atoms with E-state index in [1.165, 1.54) is 92.1 Å². The lowest BCUT2D eigenvalue weighted by Crippen LogP contribution is -2.10. The standard InChI is InChI=1S/C40H36/c1-21(2)23-11-13-26-28-9-8-10-29-32-19-37-31-16-24(22(3)4)12-14-27(31)34-17-25(40(5,6)7)18-35(39(34)37)33(32)20-36(38(28)29)30(26)15-23/h8-22H,1-7H3. The first-order chi connectivity index (χ1) is 19.1. The normalized spacial score (nSPS) is 13.3. The van der Waals surface area contributed by atoms with Gasteiger partial charge in [0.15, 0.2) is 0 Å². The fraction of sp³-hybridized carbons (Fsp3) is 0.250. The average Bonchev–Trinajstić information content (AvgIpc) is 3.42. The maximum absolute atomic E-state index is 2.52. The first kappa shape index (κ1) is 23.9. The molecular weight excluding hydrogens is 480 g/mol. The van der Waals surface area contributed by atoms with Gasteiger partial charge in [0.1, 0.15) is 0 Å². The summed E-state index contributed by atoms with van der Waals surface area (Å²) in [5, 5.41) is 19.5. The quantitative estimate of drug-likeness (QED) is 0.200. The summed E-state index contributed by atoms with van der Waals surface area (Å²) < 4.78 is 0. The smallest absolute Gasteiger partial charge is 0.00197 e. The van der Waals surface area contributed by atoms with Gasteiger partial charge in [-0.05, 0) is 134 Å². The highest BCUT2D eigenvalue weighted by Gasteiger charge is 2.23. The van der Waals surface area contributed by atoms with E-state index in [0.717, 1.165) is 0 Å². The van der Waals surface area contributed by atoms with E-state index < -0.39 is 0 Å². The number of fused-ring (bicyclic) bond motifs is 9. The highest BCUT2D eigenvalue weighted by atomic mass is 14.3. The van der Waals surface area contributed by atoms with Gasteiger partial charge >= 0.3 is 0 Å². The van der Waals surface area contributed by atoms with E-state index in [4.69, 9.17) is 0 Å². The highest BCUT2D eigenvalue weighted by molar-refractivity contribution is 6.41. The van der Waals surface area contributed by atoms with Gasteiger partial charge in [0, 0.05) is 0 Å². The van der Waals surface area contributed by atoms with Gasteiger partial charge in [-0.2, -0.15) is 0 Å². The molecule has 0 N–H and O–H groups in total. The minimum absolute atomic E-state index is 0.0627. The van der Waals surface area contributed by atoms with E-state index in [1.807, 2.05) is 0 Å². The molecular formula is C40H36. The summed E-state index contributed by atoms with van der Waals surface area (Å²) in [6.07, 6.45) is 0. The lowest BCUT2D eigenvalue weighted by molar-refractivity contribution is 0.592. The number of rotatable bonds is 2. The fourth-order valence-corrected chi connectivity index (χ4v) is 7.30. The predicted octanol–water partition coefficient (Wildman–Crippen LogP) is 12.2. The van der Waals surface area contributed by atoms with E-state index in [9.17, 15) is 0 Å². The maximum Gasteiger partial charge on any atom is -0.00197 e. The van der Waals surface area contributed by atoms with Crippen LogP contribution < -0.4 is 0 Å². The summed E-state index contributed by atoms with van der Waals surface area (Å²) in [5.74, 6) is 1.01. The second-order valence-corrected chi connectivity index (χ2v) is 13.8. The largest absolute Gasteiger partial charge is 0.0610 e. The number of hydrogen-bond donors (Lipinski definition) is 0. The van der Waals surface area contributed by atoms with Gasteiger partial charge in [0.2, 0.25) is 0 Å². The Bertz CT molecular complexity index is 2290. The summed E-state index contributed by atoms with van der Waals surface area (Å²) in [6, 6.07) is 31.3. The predicted molar refractivity (Wildman–Crippen MR) is 178 cm³/mol. The van der Waals surface area contributed by atoms with Crippen LogP contribution in [0, 0.1) is 0 Å². The zero-order valence-corrected chi connectivity index (χ0v) is 24.7. The van der Waals surface area contributed by atoms with Gasteiger partial charge in [0.25, 0.3) is 0 Å². The third-order valence-corrected chi connectivity index (χ3v) is 9.64. The molecule has 196 valence electrons. The summed E-state index contributed by atoms with van der Waals surface area (Å²) in [7, 11) is 0. The average molecular weight is 517 g/mol. The zero-order chi connectivity index (χ0) is 27.7. The first-order valence-electron chi connectivity index (χ1n) is 14.9. The van der Waals surface area contributed by atoms with Gasteiger partial charge < -0.3 is 0 Å². The van der Waals surface area contributed by atoms with Gasteiger partial charge in [-0.3, -0.25) is 0 Å². The molecule has 8 aromatic rings. The van der Waals surface area contributed by atoms with Crippen molar-refractivity contribution >= 4 is 75.4 Å². The molecule has 0 aliphatic heterocycles. The lowest BCUT2D eigenvalue weighted by atomic mass is 9.83. The first-order valence-corrected chi connectivity index (χ1v) is 14.9. The van der Waals surface area contributed by atoms with Crippen molar-refractivity contribution in [3.8, 4) is 0 Å². The minimum Gasteiger partial charge on any atom is -0.0610 e. The SMILES string of the molecule is CC(C)c1ccc2c(c1)c1cc3c(cc4c5cc(C(C)C)ccc5c5cc(C(C)(C)C)cc3c54)c3cccc2c31. The molecule has 0 nitrogen and oxygen atoms in total. The Morgan fingerprint density at radius 1 is 0.400 bits per heavy atom. The Labute approximate surface area is 236 Å². The molecule has 0 radical (unpaired) electrons. The second-order valence-electron chi connectivity index (χ2n) is 13.8. The zero-order valence-electron chi connectivity index (χ0n) is 24.7. The molecule has 0 heterocycles. The van der Waals surface area contributed by atoms with Crippen molar-refractivity contribution in [2.75, 3.05) is 0 Å². The van der Waals surface area contributed by atoms with Gasteiger partial charge in [-0.1, -0.05) is 103 Å². The number of hydrogen-bond acceptors (Lipinski definition) is 0. The topological polar surface area (TPSA) is 0 Å². The van der Waals surface area contributed by atoms with E-state index in [2.05, 4.69) is 127 Å². The van der Waals surface area contributed by atoms with Crippen LogP contribution in [0.25, 0.3) is 75.4 Å². The molecule has 0 unspecified atom stereocenters. The van der Waals surface area contributed by atoms with Crippen molar-refractivity contribution in [3.63, 3.8) is 0 Å². The Morgan fingerprint density at radius 3 is 1.32 bits per heavy atom. The molecule has 0 amide bonds. The van der Waals surface area contributed by atoms with E-state index in [1.54, 1.807) is 0 Å². The molecule has 0 saturated heterocycles. The van der Waals surface area contributed by atoms with Crippen LogP contribution in [0.15, 0.2) is 78.9 Å². The highest BCUT2D eigenvalue weighted by Crippen LogP contribution is 2.49. The van der Waals surface area contributed by atoms with Crippen molar-refractivity contribution in [1.82, 2.24) is 0 Å². The van der Waals surface area contributed by atoms with E-state index in [-0.39, 0.29) is 5.41 Å². The monoisotopic (exact) mass is 516 g/mol. The minimum atomic E-state index is 0.0627. The molecule has 0 aromatic heterocycles. The van der Waals surface area contributed by atoms with Crippen molar-refractivity contribution < 1.29 is 0 Å². The summed E-state index contributed by atoms with van der Waals surface area (Å²) in [4.78, 5) is 0. The van der Waals surface area contributed by atoms with Crippen molar-refractivity contribution in [2.24, 2.45) is 0 Å². The summed E-state index contributed by atoms with van der Waals surface area (Å²) >= 11 is 0. The molecule has 0 heteroatoms. The van der Waals surface area contributed by atoms with Crippen LogP contribution >= 0.6 is 0 Å². The Balaban J connectivity index is 1.65. The molecule has 0 fully saturated rings. The maximum atomic E-state index is 2.52. The fourth-order valence-electron chi connectivity index (χ4n) is 7.30. The molecule has 0 spiro atoms.